The second-order valence-corrected chi connectivity index (χ2v) is 6.55. The number of carbonyl (C=O) groups excluding carboxylic acids is 1. The van der Waals surface area contributed by atoms with Crippen LogP contribution in [0.1, 0.15) is 15.9 Å². The van der Waals surface area contributed by atoms with Crippen molar-refractivity contribution < 1.29 is 9.21 Å². The van der Waals surface area contributed by atoms with Crippen LogP contribution >= 0.6 is 11.6 Å². The zero-order valence-electron chi connectivity index (χ0n) is 13.9. The van der Waals surface area contributed by atoms with Gasteiger partial charge in [-0.2, -0.15) is 5.26 Å². The molecule has 6 nitrogen and oxygen atoms in total. The number of benzene rings is 1. The lowest BCUT2D eigenvalue weighted by molar-refractivity contribution is 0.0748. The summed E-state index contributed by atoms with van der Waals surface area (Å²) >= 11 is 6.09. The molecule has 0 aliphatic carbocycles. The van der Waals surface area contributed by atoms with Crippen molar-refractivity contribution in [1.82, 2.24) is 9.88 Å². The summed E-state index contributed by atoms with van der Waals surface area (Å²) in [6, 6.07) is 9.21. The molecule has 0 radical (unpaired) electrons. The summed E-state index contributed by atoms with van der Waals surface area (Å²) < 4.78 is 5.32. The van der Waals surface area contributed by atoms with E-state index in [1.807, 2.05) is 17.0 Å². The molecule has 0 N–H and O–H groups in total. The predicted molar refractivity (Wildman–Crippen MR) is 98.3 cm³/mol. The zero-order chi connectivity index (χ0) is 18.1. The quantitative estimate of drug-likeness (QED) is 0.695. The van der Waals surface area contributed by atoms with Crippen LogP contribution in [0.25, 0.3) is 11.0 Å². The van der Waals surface area contributed by atoms with Gasteiger partial charge >= 0.3 is 0 Å². The summed E-state index contributed by atoms with van der Waals surface area (Å²) in [5.41, 5.74) is 2.60. The Bertz CT molecular complexity index is 1020. The van der Waals surface area contributed by atoms with E-state index in [0.29, 0.717) is 47.9 Å². The number of nitrogens with zero attached hydrogens (tertiary/aromatic N) is 4. The van der Waals surface area contributed by atoms with Crippen LogP contribution in [0.3, 0.4) is 0 Å². The van der Waals surface area contributed by atoms with Gasteiger partial charge in [-0.05, 0) is 24.3 Å². The van der Waals surface area contributed by atoms with Gasteiger partial charge < -0.3 is 14.2 Å². The fourth-order valence-corrected chi connectivity index (χ4v) is 3.45. The molecule has 0 unspecified atom stereocenters. The van der Waals surface area contributed by atoms with Crippen LogP contribution in [0.5, 0.6) is 0 Å². The predicted octanol–water partition coefficient (Wildman–Crippen LogP) is 3.32. The molecule has 3 heterocycles. The van der Waals surface area contributed by atoms with Gasteiger partial charge in [0.05, 0.1) is 29.7 Å². The van der Waals surface area contributed by atoms with Gasteiger partial charge in [-0.1, -0.05) is 11.6 Å². The van der Waals surface area contributed by atoms with E-state index in [1.54, 1.807) is 30.8 Å². The molecular weight excluding hydrogens is 352 g/mol. The number of halogens is 1. The van der Waals surface area contributed by atoms with Gasteiger partial charge in [0.15, 0.2) is 5.58 Å². The fourth-order valence-electron chi connectivity index (χ4n) is 3.22. The molecule has 2 aromatic heterocycles. The number of hydrogen-bond donors (Lipinski definition) is 0. The highest BCUT2D eigenvalue weighted by molar-refractivity contribution is 6.31. The van der Waals surface area contributed by atoms with Crippen LogP contribution in [0.4, 0.5) is 5.69 Å². The van der Waals surface area contributed by atoms with Crippen molar-refractivity contribution in [2.45, 2.75) is 0 Å². The number of anilines is 1. The van der Waals surface area contributed by atoms with Crippen LogP contribution in [0, 0.1) is 11.3 Å². The first-order valence-electron chi connectivity index (χ1n) is 8.22. The Kier molecular flexibility index (Phi) is 4.23. The van der Waals surface area contributed by atoms with E-state index in [1.165, 1.54) is 0 Å². The average Bonchev–Trinajstić information content (AvgIpc) is 3.16. The minimum absolute atomic E-state index is 0.0482. The van der Waals surface area contributed by atoms with Gasteiger partial charge in [-0.3, -0.25) is 9.78 Å². The number of pyridine rings is 1. The number of carbonyl (C=O) groups is 1. The van der Waals surface area contributed by atoms with Crippen LogP contribution < -0.4 is 4.90 Å². The van der Waals surface area contributed by atoms with Crippen molar-refractivity contribution >= 4 is 34.2 Å². The molecule has 1 aliphatic heterocycles. The highest BCUT2D eigenvalue weighted by atomic mass is 35.5. The number of amides is 1. The lowest BCUT2D eigenvalue weighted by Crippen LogP contribution is -2.48. The van der Waals surface area contributed by atoms with Crippen molar-refractivity contribution in [2.75, 3.05) is 31.1 Å². The lowest BCUT2D eigenvalue weighted by Gasteiger charge is -2.36. The molecule has 130 valence electrons. The monoisotopic (exact) mass is 366 g/mol. The van der Waals surface area contributed by atoms with Gasteiger partial charge in [0.2, 0.25) is 0 Å². The maximum absolute atomic E-state index is 12.9. The van der Waals surface area contributed by atoms with Crippen LogP contribution in [-0.2, 0) is 0 Å². The lowest BCUT2D eigenvalue weighted by atomic mass is 10.1. The molecule has 4 rings (SSSR count). The maximum atomic E-state index is 12.9. The van der Waals surface area contributed by atoms with E-state index in [9.17, 15) is 4.79 Å². The highest BCUT2D eigenvalue weighted by Crippen LogP contribution is 2.25. The van der Waals surface area contributed by atoms with E-state index in [4.69, 9.17) is 21.3 Å². The molecule has 1 aliphatic rings. The SMILES string of the molecule is N#Cc1cc(Cl)cc(N2CCN(C(=O)c3cncc4occc34)CC2)c1. The highest BCUT2D eigenvalue weighted by Gasteiger charge is 2.24. The van der Waals surface area contributed by atoms with E-state index >= 15 is 0 Å². The van der Waals surface area contributed by atoms with Crippen molar-refractivity contribution in [3.8, 4) is 6.07 Å². The molecule has 1 saturated heterocycles. The first-order valence-corrected chi connectivity index (χ1v) is 8.59. The molecule has 26 heavy (non-hydrogen) atoms. The van der Waals surface area contributed by atoms with Gasteiger partial charge in [-0.25, -0.2) is 0 Å². The Hall–Kier alpha value is -3.04. The number of piperazine rings is 1. The van der Waals surface area contributed by atoms with Gasteiger partial charge in [0.25, 0.3) is 5.91 Å². The summed E-state index contributed by atoms with van der Waals surface area (Å²) in [5, 5.41) is 10.4. The second-order valence-electron chi connectivity index (χ2n) is 6.11. The fraction of sp³-hybridized carbons (Fsp3) is 0.211. The normalized spacial score (nSPS) is 14.5. The third-order valence-electron chi connectivity index (χ3n) is 4.55. The first-order chi connectivity index (χ1) is 12.7. The minimum atomic E-state index is -0.0482. The summed E-state index contributed by atoms with van der Waals surface area (Å²) in [6.07, 6.45) is 4.76. The Morgan fingerprint density at radius 3 is 2.77 bits per heavy atom. The number of furan rings is 1. The molecule has 7 heteroatoms. The largest absolute Gasteiger partial charge is 0.463 e. The number of fused-ring (bicyclic) bond motifs is 1. The first kappa shape index (κ1) is 16.4. The molecule has 0 atom stereocenters. The van der Waals surface area contributed by atoms with Crippen molar-refractivity contribution in [3.05, 3.63) is 59.1 Å². The molecule has 3 aromatic rings. The van der Waals surface area contributed by atoms with Crippen molar-refractivity contribution in [2.24, 2.45) is 0 Å². The summed E-state index contributed by atoms with van der Waals surface area (Å²) in [7, 11) is 0. The van der Waals surface area contributed by atoms with Gasteiger partial charge in [0, 0.05) is 48.5 Å². The third kappa shape index (κ3) is 2.98. The summed E-state index contributed by atoms with van der Waals surface area (Å²) in [4.78, 5) is 20.9. The standard InChI is InChI=1S/C19H15ClN4O2/c20-14-7-13(10-21)8-15(9-14)23-2-4-24(5-3-23)19(25)17-11-22-12-18-16(17)1-6-26-18/h1,6-9,11-12H,2-5H2. The van der Waals surface area contributed by atoms with Crippen LogP contribution in [-0.4, -0.2) is 42.0 Å². The Balaban J connectivity index is 1.50. The molecular formula is C19H15ClN4O2. The second kappa shape index (κ2) is 6.70. The molecule has 0 saturated carbocycles. The molecule has 1 aromatic carbocycles. The van der Waals surface area contributed by atoms with Gasteiger partial charge in [-0.15, -0.1) is 0 Å². The number of rotatable bonds is 2. The minimum Gasteiger partial charge on any atom is -0.463 e. The Labute approximate surface area is 155 Å². The molecule has 0 bridgehead atoms. The maximum Gasteiger partial charge on any atom is 0.256 e. The molecule has 0 spiro atoms. The zero-order valence-corrected chi connectivity index (χ0v) is 14.6. The summed E-state index contributed by atoms with van der Waals surface area (Å²) in [6.45, 7) is 2.51. The number of aromatic nitrogens is 1. The van der Waals surface area contributed by atoms with E-state index < -0.39 is 0 Å². The smallest absolute Gasteiger partial charge is 0.256 e. The average molecular weight is 367 g/mol. The van der Waals surface area contributed by atoms with E-state index in [2.05, 4.69) is 16.0 Å². The molecule has 1 fully saturated rings. The van der Waals surface area contributed by atoms with Crippen molar-refractivity contribution in [1.29, 1.82) is 5.26 Å². The van der Waals surface area contributed by atoms with Gasteiger partial charge in [0.1, 0.15) is 0 Å². The number of hydrogen-bond acceptors (Lipinski definition) is 5. The Morgan fingerprint density at radius 1 is 1.19 bits per heavy atom. The topological polar surface area (TPSA) is 73.4 Å². The number of nitriles is 1. The Morgan fingerprint density at radius 2 is 2.00 bits per heavy atom. The van der Waals surface area contributed by atoms with Crippen molar-refractivity contribution in [3.63, 3.8) is 0 Å². The summed E-state index contributed by atoms with van der Waals surface area (Å²) in [5.74, 6) is -0.0482. The van der Waals surface area contributed by atoms with E-state index in [-0.39, 0.29) is 5.91 Å². The third-order valence-corrected chi connectivity index (χ3v) is 4.77. The molecule has 1 amide bonds. The van der Waals surface area contributed by atoms with Crippen LogP contribution in [0.2, 0.25) is 5.02 Å². The van der Waals surface area contributed by atoms with E-state index in [0.717, 1.165) is 11.1 Å². The van der Waals surface area contributed by atoms with Crippen LogP contribution in [0.15, 0.2) is 47.3 Å².